The Hall–Kier alpha value is -2.35. The Labute approximate surface area is 153 Å². The summed E-state index contributed by atoms with van der Waals surface area (Å²) in [6, 6.07) is 18.1. The number of carbonyl (C=O) groups excluding carboxylic acids is 2. The third kappa shape index (κ3) is 6.03. The van der Waals surface area contributed by atoms with Crippen molar-refractivity contribution in [1.82, 2.24) is 0 Å². The summed E-state index contributed by atoms with van der Waals surface area (Å²) in [6.45, 7) is 1.91. The number of ether oxygens (including phenoxy) is 1. The van der Waals surface area contributed by atoms with E-state index in [-0.39, 0.29) is 37.7 Å². The molecule has 0 saturated carbocycles. The Bertz CT molecular complexity index is 688. The number of hydrogen-bond donors (Lipinski definition) is 0. The molecule has 0 aliphatic carbocycles. The molecule has 0 saturated heterocycles. The van der Waals surface area contributed by atoms with E-state index in [1.54, 1.807) is 31.2 Å². The van der Waals surface area contributed by atoms with Crippen LogP contribution >= 0.6 is 0 Å². The van der Waals surface area contributed by atoms with E-state index in [9.17, 15) is 9.59 Å². The van der Waals surface area contributed by atoms with Crippen LogP contribution in [0.25, 0.3) is 5.43 Å². The zero-order valence-electron chi connectivity index (χ0n) is 13.8. The number of carbonyl (C=O) groups is 2. The maximum atomic E-state index is 12.4. The van der Waals surface area contributed by atoms with Crippen LogP contribution < -0.4 is 18.9 Å². The van der Waals surface area contributed by atoms with Gasteiger partial charge in [-0.1, -0.05) is 60.7 Å². The van der Waals surface area contributed by atoms with Crippen molar-refractivity contribution in [2.75, 3.05) is 6.61 Å². The first-order valence-corrected chi connectivity index (χ1v) is 7.28. The normalized spacial score (nSPS) is 10.5. The smallest absolute Gasteiger partial charge is 0.508 e. The Morgan fingerprint density at radius 1 is 0.958 bits per heavy atom. The van der Waals surface area contributed by atoms with E-state index >= 15 is 0 Å². The minimum Gasteiger partial charge on any atom is -0.508 e. The van der Waals surface area contributed by atoms with E-state index in [1.807, 2.05) is 36.4 Å². The summed E-state index contributed by atoms with van der Waals surface area (Å²) in [5.74, 6) is -0.0905. The van der Waals surface area contributed by atoms with Gasteiger partial charge in [-0.2, -0.15) is 0 Å². The number of rotatable bonds is 6. The molecule has 2 rings (SSSR count). The van der Waals surface area contributed by atoms with Gasteiger partial charge in [-0.15, -0.1) is 0 Å². The van der Waals surface area contributed by atoms with Crippen molar-refractivity contribution in [3.63, 3.8) is 0 Å². The third-order valence-corrected chi connectivity index (χ3v) is 3.05. The van der Waals surface area contributed by atoms with E-state index in [1.165, 1.54) is 0 Å². The first kappa shape index (κ1) is 19.7. The van der Waals surface area contributed by atoms with Gasteiger partial charge in [0.05, 0.1) is 13.0 Å². The number of nitrogens with zero attached hydrogens (tertiary/aromatic N) is 2. The first-order chi connectivity index (χ1) is 11.2. The zero-order chi connectivity index (χ0) is 16.5. The summed E-state index contributed by atoms with van der Waals surface area (Å²) in [6.07, 6.45) is -0.718. The number of amides is 1. The first-order valence-electron chi connectivity index (χ1n) is 7.28. The van der Waals surface area contributed by atoms with E-state index in [2.05, 4.69) is 10.5 Å². The van der Waals surface area contributed by atoms with E-state index in [4.69, 9.17) is 4.74 Å². The Balaban J connectivity index is 0.00000288. The molecular formula is C18H17LiN2O3. The summed E-state index contributed by atoms with van der Waals surface area (Å²) >= 11 is 0. The Morgan fingerprint density at radius 3 is 2.04 bits per heavy atom. The second-order valence-electron chi connectivity index (χ2n) is 4.68. The van der Waals surface area contributed by atoms with Crippen LogP contribution in [0.4, 0.5) is 4.79 Å². The number of hydrogen-bond acceptors (Lipinski definition) is 4. The minimum atomic E-state index is -0.770. The largest absolute Gasteiger partial charge is 1.00 e. The van der Waals surface area contributed by atoms with Gasteiger partial charge in [-0.05, 0) is 12.5 Å². The summed E-state index contributed by atoms with van der Waals surface area (Å²) in [7, 11) is 0. The molecule has 24 heavy (non-hydrogen) atoms. The fraction of sp³-hybridized carbons (Fsp3) is 0.167. The Morgan fingerprint density at radius 2 is 1.50 bits per heavy atom. The molecule has 0 heterocycles. The maximum Gasteiger partial charge on any atom is 1.00 e. The fourth-order valence-corrected chi connectivity index (χ4v) is 1.96. The number of benzene rings is 2. The van der Waals surface area contributed by atoms with Gasteiger partial charge < -0.3 is 15.3 Å². The minimum absolute atomic E-state index is 0. The van der Waals surface area contributed by atoms with E-state index < -0.39 is 6.09 Å². The van der Waals surface area contributed by atoms with Crippen molar-refractivity contribution in [2.24, 2.45) is 5.10 Å². The van der Waals surface area contributed by atoms with Gasteiger partial charge in [0.25, 0.3) is 0 Å². The molecule has 0 aromatic heterocycles. The molecule has 0 atom stereocenters. The molecule has 0 fully saturated rings. The van der Waals surface area contributed by atoms with Gasteiger partial charge in [0.2, 0.25) is 6.09 Å². The molecular weight excluding hydrogens is 299 g/mol. The number of Topliss-reactive ketones (excluding diaryl/α,β-unsaturated/α-hetero) is 1. The molecule has 2 aromatic carbocycles. The predicted molar refractivity (Wildman–Crippen MR) is 88.7 cm³/mol. The van der Waals surface area contributed by atoms with Crippen molar-refractivity contribution in [3.05, 3.63) is 77.2 Å². The van der Waals surface area contributed by atoms with Gasteiger partial charge in [0.15, 0.2) is 5.78 Å². The van der Waals surface area contributed by atoms with Crippen molar-refractivity contribution in [1.29, 1.82) is 0 Å². The molecule has 0 aliphatic heterocycles. The van der Waals surface area contributed by atoms with E-state index in [0.29, 0.717) is 11.3 Å². The van der Waals surface area contributed by atoms with Gasteiger partial charge in [-0.3, -0.25) is 9.59 Å². The second kappa shape index (κ2) is 10.4. The molecule has 0 spiro atoms. The summed E-state index contributed by atoms with van der Waals surface area (Å²) in [4.78, 5) is 23.7. The predicted octanol–water partition coefficient (Wildman–Crippen LogP) is 1.20. The van der Waals surface area contributed by atoms with Crippen LogP contribution in [-0.4, -0.2) is 24.2 Å². The fourth-order valence-electron chi connectivity index (χ4n) is 1.96. The van der Waals surface area contributed by atoms with Crippen LogP contribution in [0, 0.1) is 0 Å². The molecule has 5 nitrogen and oxygen atoms in total. The van der Waals surface area contributed by atoms with Crippen LogP contribution in [0.3, 0.4) is 0 Å². The summed E-state index contributed by atoms with van der Waals surface area (Å²) in [5.41, 5.74) is 5.27. The van der Waals surface area contributed by atoms with Crippen molar-refractivity contribution >= 4 is 17.6 Å². The SMILES string of the molecule is CCOC(=O)[N-]/N=C(\CC(=O)c1ccccc1)c1ccccc1.[Li+]. The third-order valence-electron chi connectivity index (χ3n) is 3.05. The van der Waals surface area contributed by atoms with Crippen LogP contribution in [0.15, 0.2) is 65.8 Å². The second-order valence-corrected chi connectivity index (χ2v) is 4.68. The average molecular weight is 316 g/mol. The van der Waals surface area contributed by atoms with Crippen LogP contribution in [0.1, 0.15) is 29.3 Å². The van der Waals surface area contributed by atoms with Crippen molar-refractivity contribution < 1.29 is 33.2 Å². The topological polar surface area (TPSA) is 69.8 Å². The molecule has 0 unspecified atom stereocenters. The van der Waals surface area contributed by atoms with Gasteiger partial charge in [0, 0.05) is 11.3 Å². The maximum absolute atomic E-state index is 12.4. The van der Waals surface area contributed by atoms with E-state index in [0.717, 1.165) is 5.56 Å². The standard InChI is InChI=1S/C18H18N2O3.Li/c1-2-23-18(22)20-19-16(14-9-5-3-6-10-14)13-17(21)15-11-7-4-8-12-15;/h3-12H,2,13H2,1H3,(H,20,22);/q;+1/p-1/b19-16+;. The quantitative estimate of drug-likeness (QED) is 0.348. The van der Waals surface area contributed by atoms with Gasteiger partial charge >= 0.3 is 18.9 Å². The molecule has 0 aliphatic rings. The summed E-state index contributed by atoms with van der Waals surface area (Å²) < 4.78 is 4.72. The molecule has 0 radical (unpaired) electrons. The molecule has 2 aromatic rings. The zero-order valence-corrected chi connectivity index (χ0v) is 13.8. The van der Waals surface area contributed by atoms with Crippen molar-refractivity contribution in [3.8, 4) is 0 Å². The van der Waals surface area contributed by atoms with Crippen LogP contribution in [-0.2, 0) is 4.74 Å². The molecule has 1 amide bonds. The van der Waals surface area contributed by atoms with Crippen LogP contribution in [0.2, 0.25) is 0 Å². The summed E-state index contributed by atoms with van der Waals surface area (Å²) in [5, 5.41) is 3.92. The van der Waals surface area contributed by atoms with Gasteiger partial charge in [-0.25, -0.2) is 0 Å². The monoisotopic (exact) mass is 316 g/mol. The van der Waals surface area contributed by atoms with Gasteiger partial charge in [0.1, 0.15) is 0 Å². The average Bonchev–Trinajstić information content (AvgIpc) is 2.60. The molecule has 0 bridgehead atoms. The Kier molecular flexibility index (Phi) is 8.56. The van der Waals surface area contributed by atoms with Crippen LogP contribution in [0.5, 0.6) is 0 Å². The molecule has 118 valence electrons. The number of ketones is 1. The van der Waals surface area contributed by atoms with Crippen molar-refractivity contribution in [2.45, 2.75) is 13.3 Å². The molecule has 6 heteroatoms. The molecule has 0 N–H and O–H groups in total.